The normalized spacial score (nSPS) is 21.0. The minimum atomic E-state index is -5.23. The number of ether oxygens (including phenoxy) is 1. The first-order valence-electron chi connectivity index (χ1n) is 6.56. The van der Waals surface area contributed by atoms with E-state index in [1.54, 1.807) is 0 Å². The van der Waals surface area contributed by atoms with Crippen LogP contribution in [0.1, 0.15) is 12.8 Å². The van der Waals surface area contributed by atoms with E-state index in [0.717, 1.165) is 4.90 Å². The molecule has 0 aromatic carbocycles. The third-order valence-electron chi connectivity index (χ3n) is 3.26. The maximum absolute atomic E-state index is 12.3. The number of nitrogens with zero attached hydrogens (tertiary/aromatic N) is 1. The van der Waals surface area contributed by atoms with Crippen molar-refractivity contribution >= 4 is 17.8 Å². The highest BCUT2D eigenvalue weighted by atomic mass is 19.4. The number of carbonyl (C=O) groups excluding carboxylic acids is 3. The molecule has 0 spiro atoms. The van der Waals surface area contributed by atoms with Gasteiger partial charge in [-0.15, -0.1) is 0 Å². The van der Waals surface area contributed by atoms with Gasteiger partial charge in [0.05, 0.1) is 6.04 Å². The van der Waals surface area contributed by atoms with Gasteiger partial charge in [-0.2, -0.15) is 13.2 Å². The Balaban J connectivity index is 2.82. The zero-order chi connectivity index (χ0) is 17.1. The number of likely N-dealkylation sites (N-methyl/N-ethyl adjacent to an activating group) is 1. The molecule has 1 aliphatic rings. The Kier molecular flexibility index (Phi) is 5.75. The molecular formula is C12H18F3N3O4. The van der Waals surface area contributed by atoms with E-state index in [1.807, 2.05) is 0 Å². The number of carbonyl (C=O) groups is 3. The van der Waals surface area contributed by atoms with Crippen LogP contribution in [0.15, 0.2) is 0 Å². The zero-order valence-electron chi connectivity index (χ0n) is 12.1. The van der Waals surface area contributed by atoms with E-state index in [4.69, 9.17) is 5.73 Å². The van der Waals surface area contributed by atoms with Crippen molar-refractivity contribution in [2.45, 2.75) is 31.2 Å². The van der Waals surface area contributed by atoms with Gasteiger partial charge in [0.2, 0.25) is 5.91 Å². The minimum Gasteiger partial charge on any atom is -0.444 e. The molecule has 1 unspecified atom stereocenters. The molecule has 126 valence electrons. The van der Waals surface area contributed by atoms with Gasteiger partial charge in [0, 0.05) is 26.6 Å². The molecule has 3 atom stereocenters. The third kappa shape index (κ3) is 4.58. The summed E-state index contributed by atoms with van der Waals surface area (Å²) in [5, 5.41) is 2.55. The van der Waals surface area contributed by atoms with Crippen molar-refractivity contribution in [3.05, 3.63) is 0 Å². The highest BCUT2D eigenvalue weighted by Crippen LogP contribution is 2.22. The molecule has 0 saturated carbocycles. The van der Waals surface area contributed by atoms with Crippen molar-refractivity contribution in [1.29, 1.82) is 0 Å². The molecule has 22 heavy (non-hydrogen) atoms. The number of alkyl halides is 3. The van der Waals surface area contributed by atoms with Crippen LogP contribution >= 0.6 is 0 Å². The Morgan fingerprint density at radius 1 is 1.45 bits per heavy atom. The third-order valence-corrected chi connectivity index (χ3v) is 3.26. The second kappa shape index (κ2) is 6.95. The number of halogens is 3. The summed E-state index contributed by atoms with van der Waals surface area (Å²) in [4.78, 5) is 35.3. The molecule has 0 bridgehead atoms. The first-order valence-corrected chi connectivity index (χ1v) is 6.56. The summed E-state index contributed by atoms with van der Waals surface area (Å²) >= 11 is 0. The molecule has 0 aromatic heterocycles. The maximum atomic E-state index is 12.3. The number of hydrogen-bond donors (Lipinski definition) is 2. The summed E-state index contributed by atoms with van der Waals surface area (Å²) in [5.41, 5.74) is 5.72. The summed E-state index contributed by atoms with van der Waals surface area (Å²) in [6.07, 6.45) is -6.61. The highest BCUT2D eigenvalue weighted by molar-refractivity contribution is 5.86. The van der Waals surface area contributed by atoms with E-state index in [9.17, 15) is 27.6 Å². The lowest BCUT2D eigenvalue weighted by atomic mass is 9.95. The molecular weight excluding hydrogens is 307 g/mol. The number of esters is 1. The van der Waals surface area contributed by atoms with Gasteiger partial charge in [0.25, 0.3) is 5.91 Å². The number of amides is 2. The van der Waals surface area contributed by atoms with Crippen LogP contribution in [0, 0.1) is 5.92 Å². The van der Waals surface area contributed by atoms with Crippen LogP contribution in [0.25, 0.3) is 0 Å². The molecule has 1 fully saturated rings. The van der Waals surface area contributed by atoms with Crippen molar-refractivity contribution in [2.24, 2.45) is 11.7 Å². The van der Waals surface area contributed by atoms with E-state index in [-0.39, 0.29) is 12.3 Å². The molecule has 10 heteroatoms. The summed E-state index contributed by atoms with van der Waals surface area (Å²) in [6.45, 7) is 0.435. The van der Waals surface area contributed by atoms with E-state index >= 15 is 0 Å². The first-order chi connectivity index (χ1) is 10.0. The number of hydrogen-bond acceptors (Lipinski definition) is 5. The van der Waals surface area contributed by atoms with E-state index in [0.29, 0.717) is 13.0 Å². The van der Waals surface area contributed by atoms with Gasteiger partial charge in [-0.25, -0.2) is 4.79 Å². The predicted octanol–water partition coefficient (Wildman–Crippen LogP) is -0.598. The van der Waals surface area contributed by atoms with Gasteiger partial charge in [0.1, 0.15) is 0 Å². The zero-order valence-corrected chi connectivity index (χ0v) is 12.1. The molecule has 1 saturated heterocycles. The van der Waals surface area contributed by atoms with E-state index in [2.05, 4.69) is 10.1 Å². The van der Waals surface area contributed by atoms with Gasteiger partial charge in [-0.1, -0.05) is 0 Å². The largest absolute Gasteiger partial charge is 0.490 e. The second-order valence-corrected chi connectivity index (χ2v) is 5.23. The smallest absolute Gasteiger partial charge is 0.444 e. The van der Waals surface area contributed by atoms with Gasteiger partial charge in [-0.05, 0) is 12.8 Å². The summed E-state index contributed by atoms with van der Waals surface area (Å²) in [7, 11) is 2.59. The lowest BCUT2D eigenvalue weighted by Gasteiger charge is -2.27. The van der Waals surface area contributed by atoms with Gasteiger partial charge >= 0.3 is 12.1 Å². The predicted molar refractivity (Wildman–Crippen MR) is 68.3 cm³/mol. The maximum Gasteiger partial charge on any atom is 0.490 e. The molecule has 0 aromatic rings. The van der Waals surface area contributed by atoms with Crippen LogP contribution in [-0.2, 0) is 19.1 Å². The van der Waals surface area contributed by atoms with Crippen molar-refractivity contribution < 1.29 is 32.3 Å². The number of rotatable bonds is 5. The van der Waals surface area contributed by atoms with Crippen LogP contribution in [0.2, 0.25) is 0 Å². The highest BCUT2D eigenvalue weighted by Gasteiger charge is 2.45. The lowest BCUT2D eigenvalue weighted by Crippen LogP contribution is -2.51. The average molecular weight is 325 g/mol. The first kappa shape index (κ1) is 18.2. The molecule has 1 rings (SSSR count). The molecule has 0 aliphatic carbocycles. The molecule has 3 N–H and O–H groups in total. The Labute approximate surface area is 124 Å². The fourth-order valence-electron chi connectivity index (χ4n) is 2.08. The number of nitrogens with two attached hydrogens (primary N) is 1. The molecule has 2 amide bonds. The van der Waals surface area contributed by atoms with Gasteiger partial charge < -0.3 is 20.7 Å². The quantitative estimate of drug-likeness (QED) is 0.658. The van der Waals surface area contributed by atoms with Crippen LogP contribution in [0.4, 0.5) is 13.2 Å². The monoisotopic (exact) mass is 325 g/mol. The Morgan fingerprint density at radius 2 is 2.05 bits per heavy atom. The lowest BCUT2D eigenvalue weighted by molar-refractivity contribution is -0.207. The number of nitrogens with one attached hydrogen (secondary N) is 1. The van der Waals surface area contributed by atoms with Crippen molar-refractivity contribution in [3.63, 3.8) is 0 Å². The Morgan fingerprint density at radius 3 is 2.45 bits per heavy atom. The van der Waals surface area contributed by atoms with Crippen molar-refractivity contribution in [2.75, 3.05) is 20.6 Å². The Hall–Kier alpha value is -1.84. The van der Waals surface area contributed by atoms with Gasteiger partial charge in [0.15, 0.2) is 6.10 Å². The fourth-order valence-corrected chi connectivity index (χ4v) is 2.08. The summed E-state index contributed by atoms with van der Waals surface area (Å²) in [5.74, 6) is -4.16. The summed E-state index contributed by atoms with van der Waals surface area (Å²) < 4.78 is 41.1. The summed E-state index contributed by atoms with van der Waals surface area (Å²) in [6, 6.07) is -1.21. The second-order valence-electron chi connectivity index (χ2n) is 5.23. The SMILES string of the molecule is CN(C)C(=O)C(OC(=O)C(F)(F)F)[C@@H](N)C[C@@H]1CCNC1=O. The topological polar surface area (TPSA) is 102 Å². The van der Waals surface area contributed by atoms with Crippen LogP contribution in [-0.4, -0.2) is 61.6 Å². The van der Waals surface area contributed by atoms with Crippen LogP contribution in [0.5, 0.6) is 0 Å². The average Bonchev–Trinajstić information content (AvgIpc) is 2.79. The minimum absolute atomic E-state index is 0.0543. The Bertz CT molecular complexity index is 453. The molecule has 1 heterocycles. The van der Waals surface area contributed by atoms with E-state index in [1.165, 1.54) is 14.1 Å². The molecule has 0 radical (unpaired) electrons. The molecule has 1 aliphatic heterocycles. The van der Waals surface area contributed by atoms with Crippen molar-refractivity contribution in [1.82, 2.24) is 10.2 Å². The standard InChI is InChI=1S/C12H18F3N3O4/c1-18(2)10(20)8(22-11(21)12(13,14)15)7(16)5-6-3-4-17-9(6)19/h6-8H,3-5,16H2,1-2H3,(H,17,19)/t6-,7-,8?/m0/s1. The fraction of sp³-hybridized carbons (Fsp3) is 0.750. The van der Waals surface area contributed by atoms with Gasteiger partial charge in [-0.3, -0.25) is 9.59 Å². The van der Waals surface area contributed by atoms with E-state index < -0.39 is 36.1 Å². The van der Waals surface area contributed by atoms with Crippen LogP contribution in [0.3, 0.4) is 0 Å². The van der Waals surface area contributed by atoms with Crippen LogP contribution < -0.4 is 11.1 Å². The molecule has 7 nitrogen and oxygen atoms in total. The van der Waals surface area contributed by atoms with Crippen molar-refractivity contribution in [3.8, 4) is 0 Å².